The molecule has 0 saturated carbocycles. The highest BCUT2D eigenvalue weighted by Crippen LogP contribution is 2.22. The van der Waals surface area contributed by atoms with Crippen molar-refractivity contribution < 1.29 is 14.8 Å². The summed E-state index contributed by atoms with van der Waals surface area (Å²) < 4.78 is 0. The van der Waals surface area contributed by atoms with Gasteiger partial charge in [-0.25, -0.2) is 9.78 Å². The number of aromatic nitrogens is 1. The van der Waals surface area contributed by atoms with E-state index in [2.05, 4.69) is 11.6 Å². The van der Waals surface area contributed by atoms with Gasteiger partial charge in [-0.05, 0) is 6.92 Å². The van der Waals surface area contributed by atoms with E-state index in [1.165, 1.54) is 0 Å². The molecule has 96 valence electrons. The SMILES string of the molecule is C=CCN(CC)c1ncc([N+](=O)[O-])cc1C(=O)O. The zero-order valence-electron chi connectivity index (χ0n) is 9.87. The highest BCUT2D eigenvalue weighted by atomic mass is 16.6. The first-order valence-corrected chi connectivity index (χ1v) is 5.24. The van der Waals surface area contributed by atoms with Gasteiger partial charge < -0.3 is 10.0 Å². The molecule has 1 N–H and O–H groups in total. The van der Waals surface area contributed by atoms with Gasteiger partial charge in [-0.15, -0.1) is 6.58 Å². The van der Waals surface area contributed by atoms with Crippen LogP contribution in [0.25, 0.3) is 0 Å². The Labute approximate surface area is 104 Å². The van der Waals surface area contributed by atoms with E-state index >= 15 is 0 Å². The van der Waals surface area contributed by atoms with Crippen LogP contribution >= 0.6 is 0 Å². The van der Waals surface area contributed by atoms with Gasteiger partial charge in [0.1, 0.15) is 17.6 Å². The van der Waals surface area contributed by atoms with Crippen LogP contribution in [-0.4, -0.2) is 34.1 Å². The minimum atomic E-state index is -1.25. The molecule has 0 atom stereocenters. The normalized spacial score (nSPS) is 9.83. The zero-order valence-corrected chi connectivity index (χ0v) is 9.87. The summed E-state index contributed by atoms with van der Waals surface area (Å²) in [5.74, 6) is -1.04. The van der Waals surface area contributed by atoms with Crippen molar-refractivity contribution in [1.82, 2.24) is 4.98 Å². The van der Waals surface area contributed by atoms with Gasteiger partial charge in [0.15, 0.2) is 0 Å². The van der Waals surface area contributed by atoms with Crippen LogP contribution in [0.4, 0.5) is 11.5 Å². The first-order chi connectivity index (χ1) is 8.51. The lowest BCUT2D eigenvalue weighted by Gasteiger charge is -2.21. The lowest BCUT2D eigenvalue weighted by atomic mass is 10.2. The molecule has 0 aliphatic heterocycles. The molecule has 1 aromatic heterocycles. The van der Waals surface area contributed by atoms with Gasteiger partial charge >= 0.3 is 5.97 Å². The second-order valence-corrected chi connectivity index (χ2v) is 3.45. The molecule has 7 nitrogen and oxygen atoms in total. The minimum absolute atomic E-state index is 0.187. The Morgan fingerprint density at radius 1 is 1.72 bits per heavy atom. The van der Waals surface area contributed by atoms with Crippen molar-refractivity contribution in [2.24, 2.45) is 0 Å². The Morgan fingerprint density at radius 2 is 2.39 bits per heavy atom. The standard InChI is InChI=1S/C11H13N3O4/c1-3-5-13(4-2)10-9(11(15)16)6-8(7-12-10)14(17)18/h3,6-7H,1,4-5H2,2H3,(H,15,16). The molecule has 0 spiro atoms. The number of carboxylic acid groups (broad SMARTS) is 1. The summed E-state index contributed by atoms with van der Waals surface area (Å²) in [7, 11) is 0. The second-order valence-electron chi connectivity index (χ2n) is 3.45. The maximum absolute atomic E-state index is 11.1. The lowest BCUT2D eigenvalue weighted by Crippen LogP contribution is -2.26. The summed E-state index contributed by atoms with van der Waals surface area (Å²) in [6.45, 7) is 6.34. The van der Waals surface area contributed by atoms with E-state index in [0.29, 0.717) is 13.1 Å². The number of nitro groups is 1. The van der Waals surface area contributed by atoms with Crippen LogP contribution in [0.3, 0.4) is 0 Å². The Morgan fingerprint density at radius 3 is 2.83 bits per heavy atom. The van der Waals surface area contributed by atoms with E-state index in [0.717, 1.165) is 12.3 Å². The van der Waals surface area contributed by atoms with E-state index in [1.807, 2.05) is 6.92 Å². The van der Waals surface area contributed by atoms with Crippen LogP contribution < -0.4 is 4.90 Å². The van der Waals surface area contributed by atoms with Crippen molar-refractivity contribution in [3.05, 3.63) is 40.6 Å². The topological polar surface area (TPSA) is 96.6 Å². The zero-order chi connectivity index (χ0) is 13.7. The van der Waals surface area contributed by atoms with Gasteiger partial charge in [-0.2, -0.15) is 0 Å². The Balaban J connectivity index is 3.30. The molecular formula is C11H13N3O4. The first kappa shape index (κ1) is 13.6. The molecular weight excluding hydrogens is 238 g/mol. The van der Waals surface area contributed by atoms with Gasteiger partial charge in [-0.1, -0.05) is 6.08 Å². The van der Waals surface area contributed by atoms with Gasteiger partial charge in [0.05, 0.1) is 4.92 Å². The molecule has 1 rings (SSSR count). The summed E-state index contributed by atoms with van der Waals surface area (Å²) in [5, 5.41) is 19.7. The van der Waals surface area contributed by atoms with Crippen molar-refractivity contribution in [2.75, 3.05) is 18.0 Å². The third-order valence-corrected chi connectivity index (χ3v) is 2.32. The largest absolute Gasteiger partial charge is 0.478 e. The number of likely N-dealkylation sites (N-methyl/N-ethyl adjacent to an activating group) is 1. The minimum Gasteiger partial charge on any atom is -0.478 e. The fraction of sp³-hybridized carbons (Fsp3) is 0.273. The van der Waals surface area contributed by atoms with Gasteiger partial charge in [0.25, 0.3) is 5.69 Å². The van der Waals surface area contributed by atoms with Crippen molar-refractivity contribution in [1.29, 1.82) is 0 Å². The maximum Gasteiger partial charge on any atom is 0.339 e. The molecule has 1 aromatic rings. The molecule has 7 heteroatoms. The van der Waals surface area contributed by atoms with E-state index in [1.54, 1.807) is 11.0 Å². The Hall–Kier alpha value is -2.44. The number of pyridine rings is 1. The van der Waals surface area contributed by atoms with Crippen molar-refractivity contribution in [3.8, 4) is 0 Å². The number of hydrogen-bond donors (Lipinski definition) is 1. The summed E-state index contributed by atoms with van der Waals surface area (Å²) >= 11 is 0. The average Bonchev–Trinajstić information content (AvgIpc) is 2.35. The van der Waals surface area contributed by atoms with Crippen LogP contribution in [0.1, 0.15) is 17.3 Å². The van der Waals surface area contributed by atoms with Crippen molar-refractivity contribution in [3.63, 3.8) is 0 Å². The molecule has 1 heterocycles. The third kappa shape index (κ3) is 2.82. The monoisotopic (exact) mass is 251 g/mol. The quantitative estimate of drug-likeness (QED) is 0.469. The predicted octanol–water partition coefficient (Wildman–Crippen LogP) is 1.70. The number of carboxylic acids is 1. The number of hydrogen-bond acceptors (Lipinski definition) is 5. The first-order valence-electron chi connectivity index (χ1n) is 5.24. The summed E-state index contributed by atoms with van der Waals surface area (Å²) in [5.41, 5.74) is -0.529. The molecule has 0 aliphatic rings. The number of nitrogens with zero attached hydrogens (tertiary/aromatic N) is 3. The molecule has 0 saturated heterocycles. The van der Waals surface area contributed by atoms with Crippen LogP contribution in [0.2, 0.25) is 0 Å². The third-order valence-electron chi connectivity index (χ3n) is 2.32. The molecule has 0 radical (unpaired) electrons. The smallest absolute Gasteiger partial charge is 0.339 e. The number of aromatic carboxylic acids is 1. The molecule has 0 aromatic carbocycles. The number of anilines is 1. The van der Waals surface area contributed by atoms with E-state index in [-0.39, 0.29) is 17.1 Å². The summed E-state index contributed by atoms with van der Waals surface area (Å²) in [4.78, 5) is 26.6. The molecule has 0 unspecified atom stereocenters. The summed E-state index contributed by atoms with van der Waals surface area (Å²) in [6.07, 6.45) is 2.66. The van der Waals surface area contributed by atoms with Crippen LogP contribution in [-0.2, 0) is 0 Å². The fourth-order valence-electron chi connectivity index (χ4n) is 1.48. The van der Waals surface area contributed by atoms with Gasteiger partial charge in [-0.3, -0.25) is 10.1 Å². The average molecular weight is 251 g/mol. The highest BCUT2D eigenvalue weighted by molar-refractivity contribution is 5.94. The summed E-state index contributed by atoms with van der Waals surface area (Å²) in [6, 6.07) is 1.01. The molecule has 0 fully saturated rings. The molecule has 0 bridgehead atoms. The van der Waals surface area contributed by atoms with Crippen molar-refractivity contribution in [2.45, 2.75) is 6.92 Å². The predicted molar refractivity (Wildman–Crippen MR) is 65.9 cm³/mol. The van der Waals surface area contributed by atoms with E-state index < -0.39 is 10.9 Å². The van der Waals surface area contributed by atoms with E-state index in [9.17, 15) is 14.9 Å². The van der Waals surface area contributed by atoms with E-state index in [4.69, 9.17) is 5.11 Å². The lowest BCUT2D eigenvalue weighted by molar-refractivity contribution is -0.385. The molecule has 18 heavy (non-hydrogen) atoms. The fourth-order valence-corrected chi connectivity index (χ4v) is 1.48. The number of carbonyl (C=O) groups is 1. The van der Waals surface area contributed by atoms with Gasteiger partial charge in [0, 0.05) is 19.2 Å². The Kier molecular flexibility index (Phi) is 4.36. The Bertz CT molecular complexity index is 487. The maximum atomic E-state index is 11.1. The van der Waals surface area contributed by atoms with Crippen LogP contribution in [0, 0.1) is 10.1 Å². The van der Waals surface area contributed by atoms with Crippen LogP contribution in [0.5, 0.6) is 0 Å². The number of rotatable bonds is 6. The molecule has 0 aliphatic carbocycles. The van der Waals surface area contributed by atoms with Crippen molar-refractivity contribution >= 4 is 17.5 Å². The molecule has 0 amide bonds. The second kappa shape index (κ2) is 5.76. The highest BCUT2D eigenvalue weighted by Gasteiger charge is 2.20. The van der Waals surface area contributed by atoms with Gasteiger partial charge in [0.2, 0.25) is 0 Å². The van der Waals surface area contributed by atoms with Crippen LogP contribution in [0.15, 0.2) is 24.9 Å².